The summed E-state index contributed by atoms with van der Waals surface area (Å²) in [7, 11) is -4.02. The van der Waals surface area contributed by atoms with Crippen molar-refractivity contribution < 1.29 is 18.1 Å². The third kappa shape index (κ3) is 3.25. The zero-order valence-electron chi connectivity index (χ0n) is 15.7. The Morgan fingerprint density at radius 1 is 1.07 bits per heavy atom. The second kappa shape index (κ2) is 7.20. The van der Waals surface area contributed by atoms with Crippen molar-refractivity contribution in [3.8, 4) is 11.3 Å². The quantitative estimate of drug-likeness (QED) is 0.273. The minimum atomic E-state index is -4.02. The first-order chi connectivity index (χ1) is 14.3. The summed E-state index contributed by atoms with van der Waals surface area (Å²) in [5.74, 6) is -0.134. The third-order valence-electron chi connectivity index (χ3n) is 4.71. The molecule has 0 saturated heterocycles. The molecule has 30 heavy (non-hydrogen) atoms. The zero-order valence-corrected chi connectivity index (χ0v) is 16.5. The Morgan fingerprint density at radius 2 is 1.80 bits per heavy atom. The Hall–Kier alpha value is -3.85. The number of carbonyl (C=O) groups excluding carboxylic acids is 1. The molecule has 0 N–H and O–H groups in total. The number of nitrogens with zero attached hydrogens (tertiary/aromatic N) is 3. The summed E-state index contributed by atoms with van der Waals surface area (Å²) in [5, 5.41) is 11.8. The number of hydrogen-bond donors (Lipinski definition) is 0. The first-order valence-electron chi connectivity index (χ1n) is 8.86. The second-order valence-corrected chi connectivity index (χ2v) is 8.42. The highest BCUT2D eigenvalue weighted by Gasteiger charge is 2.26. The first-order valence-corrected chi connectivity index (χ1v) is 10.3. The number of benzene rings is 2. The summed E-state index contributed by atoms with van der Waals surface area (Å²) in [6.45, 7) is 1.43. The van der Waals surface area contributed by atoms with E-state index in [4.69, 9.17) is 0 Å². The van der Waals surface area contributed by atoms with Crippen LogP contribution in [0.25, 0.3) is 22.2 Å². The standard InChI is InChI=1S/C21H15N3O5S/c1-14(25)15-9-10-22-19(12-15)16-7-8-20-18(11-16)21(24(26)27)13-23(20)30(28,29)17-5-3-2-4-6-17/h2-13H,1H3. The number of ketones is 1. The number of fused-ring (bicyclic) bond motifs is 1. The molecule has 0 aliphatic rings. The number of rotatable bonds is 5. The van der Waals surface area contributed by atoms with Gasteiger partial charge in [-0.15, -0.1) is 0 Å². The Balaban J connectivity index is 1.94. The van der Waals surface area contributed by atoms with Gasteiger partial charge in [-0.3, -0.25) is 19.9 Å². The van der Waals surface area contributed by atoms with E-state index in [1.807, 2.05) is 0 Å². The molecule has 0 amide bonds. The highest BCUT2D eigenvalue weighted by atomic mass is 32.2. The molecule has 0 atom stereocenters. The van der Waals surface area contributed by atoms with Gasteiger partial charge in [-0.2, -0.15) is 0 Å². The lowest BCUT2D eigenvalue weighted by Gasteiger charge is -2.07. The van der Waals surface area contributed by atoms with E-state index in [1.54, 1.807) is 36.4 Å². The molecule has 4 aromatic rings. The van der Waals surface area contributed by atoms with Crippen molar-refractivity contribution in [2.75, 3.05) is 0 Å². The highest BCUT2D eigenvalue weighted by molar-refractivity contribution is 7.90. The van der Waals surface area contributed by atoms with Crippen LogP contribution in [0.15, 0.2) is 78.0 Å². The number of hydrogen-bond acceptors (Lipinski definition) is 6. The molecule has 0 spiro atoms. The molecule has 0 saturated carbocycles. The van der Waals surface area contributed by atoms with Gasteiger partial charge in [-0.1, -0.05) is 24.3 Å². The van der Waals surface area contributed by atoms with Crippen LogP contribution in [0.4, 0.5) is 5.69 Å². The molecule has 0 fully saturated rings. The number of aromatic nitrogens is 2. The van der Waals surface area contributed by atoms with E-state index in [1.165, 1.54) is 37.4 Å². The molecule has 2 aromatic carbocycles. The van der Waals surface area contributed by atoms with Crippen molar-refractivity contribution in [1.29, 1.82) is 0 Å². The average Bonchev–Trinajstić information content (AvgIpc) is 3.14. The van der Waals surface area contributed by atoms with Crippen LogP contribution in [0, 0.1) is 10.1 Å². The van der Waals surface area contributed by atoms with Gasteiger partial charge in [0.2, 0.25) is 0 Å². The molecule has 0 radical (unpaired) electrons. The molecule has 0 aliphatic heterocycles. The van der Waals surface area contributed by atoms with E-state index in [0.717, 1.165) is 10.2 Å². The second-order valence-electron chi connectivity index (χ2n) is 6.60. The Bertz CT molecular complexity index is 1410. The van der Waals surface area contributed by atoms with Crippen molar-refractivity contribution in [2.45, 2.75) is 11.8 Å². The largest absolute Gasteiger partial charge is 0.295 e. The minimum absolute atomic E-state index is 0.0247. The van der Waals surface area contributed by atoms with Crippen LogP contribution >= 0.6 is 0 Å². The van der Waals surface area contributed by atoms with E-state index in [0.29, 0.717) is 16.8 Å². The van der Waals surface area contributed by atoms with Crippen LogP contribution in [-0.2, 0) is 10.0 Å². The van der Waals surface area contributed by atoms with Crippen LogP contribution in [0.3, 0.4) is 0 Å². The van der Waals surface area contributed by atoms with Crippen LogP contribution in [0.1, 0.15) is 17.3 Å². The monoisotopic (exact) mass is 421 g/mol. The van der Waals surface area contributed by atoms with Gasteiger partial charge in [-0.25, -0.2) is 12.4 Å². The maximum atomic E-state index is 13.0. The number of Topliss-reactive ketones (excluding diaryl/α,β-unsaturated/α-hetero) is 1. The van der Waals surface area contributed by atoms with Crippen LogP contribution in [0.2, 0.25) is 0 Å². The molecule has 2 aromatic heterocycles. The molecular weight excluding hydrogens is 406 g/mol. The predicted octanol–water partition coefficient (Wildman–Crippen LogP) is 4.05. The van der Waals surface area contributed by atoms with Crippen molar-refractivity contribution in [2.24, 2.45) is 0 Å². The van der Waals surface area contributed by atoms with Gasteiger partial charge < -0.3 is 0 Å². The maximum absolute atomic E-state index is 13.0. The van der Waals surface area contributed by atoms with Gasteiger partial charge in [0.05, 0.1) is 32.6 Å². The number of pyridine rings is 1. The molecule has 0 bridgehead atoms. The molecule has 8 nitrogen and oxygen atoms in total. The molecule has 0 aliphatic carbocycles. The van der Waals surface area contributed by atoms with Gasteiger partial charge in [0.15, 0.2) is 5.78 Å². The topological polar surface area (TPSA) is 112 Å². The molecular formula is C21H15N3O5S. The van der Waals surface area contributed by atoms with Gasteiger partial charge >= 0.3 is 0 Å². The Labute approximate surface area is 171 Å². The van der Waals surface area contributed by atoms with Crippen molar-refractivity contribution in [3.63, 3.8) is 0 Å². The lowest BCUT2D eigenvalue weighted by molar-refractivity contribution is -0.383. The fourth-order valence-electron chi connectivity index (χ4n) is 3.20. The first kappa shape index (κ1) is 19.5. The lowest BCUT2D eigenvalue weighted by atomic mass is 10.1. The van der Waals surface area contributed by atoms with E-state index >= 15 is 0 Å². The third-order valence-corrected chi connectivity index (χ3v) is 6.40. The Kier molecular flexibility index (Phi) is 4.67. The summed E-state index contributed by atoms with van der Waals surface area (Å²) in [5.41, 5.74) is 1.28. The highest BCUT2D eigenvalue weighted by Crippen LogP contribution is 2.34. The summed E-state index contributed by atoms with van der Waals surface area (Å²) >= 11 is 0. The van der Waals surface area contributed by atoms with Gasteiger partial charge in [-0.05, 0) is 43.3 Å². The van der Waals surface area contributed by atoms with Gasteiger partial charge in [0.25, 0.3) is 15.7 Å². The van der Waals surface area contributed by atoms with Crippen LogP contribution in [-0.4, -0.2) is 28.1 Å². The lowest BCUT2D eigenvalue weighted by Crippen LogP contribution is -2.11. The Morgan fingerprint density at radius 3 is 2.47 bits per heavy atom. The van der Waals surface area contributed by atoms with Gasteiger partial charge in [0, 0.05) is 17.3 Å². The molecule has 4 rings (SSSR count). The summed E-state index contributed by atoms with van der Waals surface area (Å²) in [6.07, 6.45) is 2.49. The SMILES string of the molecule is CC(=O)c1ccnc(-c2ccc3c(c2)c([N+](=O)[O-])cn3S(=O)(=O)c2ccccc2)c1. The maximum Gasteiger partial charge on any atom is 0.295 e. The predicted molar refractivity (Wildman–Crippen MR) is 111 cm³/mol. The van der Waals surface area contributed by atoms with E-state index in [-0.39, 0.29) is 27.3 Å². The van der Waals surface area contributed by atoms with Crippen LogP contribution < -0.4 is 0 Å². The fourth-order valence-corrected chi connectivity index (χ4v) is 4.59. The minimum Gasteiger partial charge on any atom is -0.295 e. The van der Waals surface area contributed by atoms with Crippen molar-refractivity contribution in [1.82, 2.24) is 8.96 Å². The molecule has 150 valence electrons. The number of carbonyl (C=O) groups is 1. The molecule has 9 heteroatoms. The fraction of sp³-hybridized carbons (Fsp3) is 0.0476. The van der Waals surface area contributed by atoms with E-state index < -0.39 is 14.9 Å². The smallest absolute Gasteiger partial charge is 0.295 e. The van der Waals surface area contributed by atoms with E-state index in [9.17, 15) is 23.3 Å². The summed E-state index contributed by atoms with van der Waals surface area (Å²) in [6, 6.07) is 15.5. The van der Waals surface area contributed by atoms with Crippen LogP contribution in [0.5, 0.6) is 0 Å². The molecule has 0 unspecified atom stereocenters. The summed E-state index contributed by atoms with van der Waals surface area (Å²) < 4.78 is 27.0. The van der Waals surface area contributed by atoms with Gasteiger partial charge in [0.1, 0.15) is 0 Å². The number of nitro groups is 1. The van der Waals surface area contributed by atoms with E-state index in [2.05, 4.69) is 4.98 Å². The summed E-state index contributed by atoms with van der Waals surface area (Å²) in [4.78, 5) is 26.9. The van der Waals surface area contributed by atoms with Crippen molar-refractivity contribution >= 4 is 32.4 Å². The molecule has 2 heterocycles. The van der Waals surface area contributed by atoms with Crippen molar-refractivity contribution in [3.05, 3.63) is 88.7 Å². The normalized spacial score (nSPS) is 11.5. The average molecular weight is 421 g/mol. The zero-order chi connectivity index (χ0) is 21.5.